The van der Waals surface area contributed by atoms with E-state index < -0.39 is 15.8 Å². The molecule has 0 saturated heterocycles. The van der Waals surface area contributed by atoms with Crippen molar-refractivity contribution in [2.75, 3.05) is 0 Å². The maximum absolute atomic E-state index is 2.23. The maximum Gasteiger partial charge on any atom is -0.0134 e. The molecule has 0 aromatic heterocycles. The molecule has 0 nitrogen and oxygen atoms in total. The van der Waals surface area contributed by atoms with Gasteiger partial charge in [-0.15, -0.1) is 0 Å². The van der Waals surface area contributed by atoms with E-state index in [1.165, 1.54) is 31.8 Å². The predicted molar refractivity (Wildman–Crippen MR) is 182 cm³/mol. The van der Waals surface area contributed by atoms with Crippen molar-refractivity contribution in [1.82, 2.24) is 0 Å². The van der Waals surface area contributed by atoms with E-state index in [0.717, 1.165) is 0 Å². The first-order valence-electron chi connectivity index (χ1n) is 13.4. The van der Waals surface area contributed by atoms with Crippen LogP contribution in [0.1, 0.15) is 0 Å². The third kappa shape index (κ3) is 9.35. The summed E-state index contributed by atoms with van der Waals surface area (Å²) in [6.07, 6.45) is 0. The fraction of sp³-hybridized carbons (Fsp3) is 0.0526. The van der Waals surface area contributed by atoms with Crippen LogP contribution in [0.4, 0.5) is 0 Å². The predicted octanol–water partition coefficient (Wildman–Crippen LogP) is 8.05. The van der Waals surface area contributed by atoms with Gasteiger partial charge < -0.3 is 0 Å². The summed E-state index contributed by atoms with van der Waals surface area (Å²) in [5.74, 6) is 4.12. The van der Waals surface area contributed by atoms with Crippen molar-refractivity contribution in [2.45, 2.75) is 11.8 Å². The topological polar surface area (TPSA) is 0 Å². The monoisotopic (exact) mass is 612 g/mol. The Morgan fingerprint density at radius 2 is 0.390 bits per heavy atom. The van der Waals surface area contributed by atoms with E-state index in [0.29, 0.717) is 0 Å². The molecule has 0 aliphatic heterocycles. The van der Waals surface area contributed by atoms with Crippen LogP contribution in [0, 0.1) is 0 Å². The molecule has 0 spiro atoms. The van der Waals surface area contributed by atoms with Gasteiger partial charge in [-0.1, -0.05) is 182 Å². The van der Waals surface area contributed by atoms with E-state index >= 15 is 0 Å². The summed E-state index contributed by atoms with van der Waals surface area (Å²) in [5.41, 5.74) is 0. The summed E-state index contributed by atoms with van der Waals surface area (Å²) >= 11 is 1.62. The van der Waals surface area contributed by atoms with Gasteiger partial charge in [0.2, 0.25) is 0 Å². The normalized spacial score (nSPS) is 10.3. The number of hydrogen-bond donors (Lipinski definition) is 0. The van der Waals surface area contributed by atoms with E-state index in [9.17, 15) is 0 Å². The fourth-order valence-corrected chi connectivity index (χ4v) is 8.97. The van der Waals surface area contributed by atoms with Gasteiger partial charge in [-0.3, -0.25) is 0 Å². The van der Waals surface area contributed by atoms with Crippen molar-refractivity contribution in [2.24, 2.45) is 0 Å². The summed E-state index contributed by atoms with van der Waals surface area (Å²) in [5, 5.41) is 8.39. The van der Waals surface area contributed by atoms with Crippen LogP contribution in [0.15, 0.2) is 182 Å². The van der Waals surface area contributed by atoms with Gasteiger partial charge in [-0.05, 0) is 47.7 Å². The third-order valence-corrected chi connectivity index (χ3v) is 11.0. The zero-order valence-electron chi connectivity index (χ0n) is 23.5. The SMILES string of the molecule is [CH3][Ni][CH3].c1ccc(P(c2ccccc2)c2ccccc2)cc1.c1ccc(P(c2ccccc2)c2ccccc2)cc1. The second-order valence-corrected chi connectivity index (χ2v) is 14.4. The van der Waals surface area contributed by atoms with Crippen molar-refractivity contribution >= 4 is 47.7 Å². The van der Waals surface area contributed by atoms with Crippen LogP contribution in [0.2, 0.25) is 11.8 Å². The smallest absolute Gasteiger partial charge is 0.0134 e. The molecule has 6 aromatic carbocycles. The minimum Gasteiger partial charge on any atom is -0.0622 e. The van der Waals surface area contributed by atoms with Crippen molar-refractivity contribution in [3.05, 3.63) is 182 Å². The average Bonchev–Trinajstić information content (AvgIpc) is 3.05. The van der Waals surface area contributed by atoms with Crippen molar-refractivity contribution in [1.29, 1.82) is 0 Å². The van der Waals surface area contributed by atoms with E-state index in [1.54, 1.807) is 14.4 Å². The van der Waals surface area contributed by atoms with Crippen molar-refractivity contribution in [3.63, 3.8) is 0 Å². The quantitative estimate of drug-likeness (QED) is 0.132. The molecule has 0 atom stereocenters. The Morgan fingerprint density at radius 1 is 0.268 bits per heavy atom. The molecular weight excluding hydrogens is 577 g/mol. The first kappa shape index (κ1) is 30.6. The van der Waals surface area contributed by atoms with Crippen LogP contribution in [0.5, 0.6) is 0 Å². The molecule has 0 aliphatic carbocycles. The Hall–Kier alpha value is -3.33. The molecule has 6 rings (SSSR count). The first-order chi connectivity index (χ1) is 20.3. The average molecular weight is 613 g/mol. The summed E-state index contributed by atoms with van der Waals surface area (Å²) < 4.78 is 0. The molecule has 41 heavy (non-hydrogen) atoms. The van der Waals surface area contributed by atoms with Gasteiger partial charge in [-0.2, -0.15) is 0 Å². The van der Waals surface area contributed by atoms with Gasteiger partial charge in [0.15, 0.2) is 0 Å². The van der Waals surface area contributed by atoms with Crippen LogP contribution in [0.3, 0.4) is 0 Å². The van der Waals surface area contributed by atoms with Crippen LogP contribution in [0.25, 0.3) is 0 Å². The molecule has 0 fully saturated rings. The van der Waals surface area contributed by atoms with Gasteiger partial charge >= 0.3 is 26.2 Å². The molecule has 0 amide bonds. The minimum atomic E-state index is -0.446. The van der Waals surface area contributed by atoms with E-state index in [4.69, 9.17) is 0 Å². The molecule has 0 unspecified atom stereocenters. The Labute approximate surface area is 254 Å². The second-order valence-electron chi connectivity index (χ2n) is 9.00. The number of rotatable bonds is 6. The van der Waals surface area contributed by atoms with Gasteiger partial charge in [0.1, 0.15) is 0 Å². The molecule has 0 radical (unpaired) electrons. The van der Waals surface area contributed by atoms with Crippen molar-refractivity contribution in [3.8, 4) is 0 Å². The summed E-state index contributed by atoms with van der Waals surface area (Å²) in [4.78, 5) is 0. The van der Waals surface area contributed by atoms with E-state index in [-0.39, 0.29) is 0 Å². The largest absolute Gasteiger partial charge is 0.0622 e. The second kappa shape index (κ2) is 17.5. The molecule has 0 saturated carbocycles. The first-order valence-corrected chi connectivity index (χ1v) is 18.1. The molecular formula is C38H36NiP2. The molecule has 6 aromatic rings. The molecule has 0 heterocycles. The zero-order valence-corrected chi connectivity index (χ0v) is 26.3. The van der Waals surface area contributed by atoms with Gasteiger partial charge in [0, 0.05) is 0 Å². The number of benzene rings is 6. The fourth-order valence-electron chi connectivity index (χ4n) is 4.36. The summed E-state index contributed by atoms with van der Waals surface area (Å²) in [6, 6.07) is 64.7. The van der Waals surface area contributed by atoms with E-state index in [1.807, 2.05) is 0 Å². The van der Waals surface area contributed by atoms with Crippen molar-refractivity contribution < 1.29 is 14.4 Å². The Morgan fingerprint density at radius 3 is 0.512 bits per heavy atom. The molecule has 208 valence electrons. The summed E-state index contributed by atoms with van der Waals surface area (Å²) in [7, 11) is -0.892. The molecule has 3 heteroatoms. The Kier molecular flexibility index (Phi) is 13.1. The third-order valence-electron chi connectivity index (χ3n) is 6.09. The Bertz CT molecular complexity index is 1190. The van der Waals surface area contributed by atoms with Crippen LogP contribution >= 0.6 is 15.8 Å². The summed E-state index contributed by atoms with van der Waals surface area (Å²) in [6.45, 7) is 0. The molecule has 0 bridgehead atoms. The molecule has 0 N–H and O–H groups in total. The standard InChI is InChI=1S/2C18H15P.2CH3.Ni/c2*1-4-10-16(11-5-1)19(17-12-6-2-7-13-17)18-14-8-3-9-15-18;;;/h2*1-15H;2*1H3;. The van der Waals surface area contributed by atoms with Gasteiger partial charge in [0.05, 0.1) is 0 Å². The van der Waals surface area contributed by atoms with Crippen LogP contribution < -0.4 is 31.8 Å². The number of hydrogen-bond acceptors (Lipinski definition) is 0. The maximum atomic E-state index is 2.23. The van der Waals surface area contributed by atoms with Crippen LogP contribution in [-0.4, -0.2) is 0 Å². The molecule has 0 aliphatic rings. The Balaban J connectivity index is 0.000000173. The zero-order chi connectivity index (χ0) is 28.5. The van der Waals surface area contributed by atoms with Crippen LogP contribution in [-0.2, 0) is 14.4 Å². The van der Waals surface area contributed by atoms with Gasteiger partial charge in [-0.25, -0.2) is 0 Å². The van der Waals surface area contributed by atoms with Gasteiger partial charge in [0.25, 0.3) is 0 Å². The minimum absolute atomic E-state index is 0.446. The van der Waals surface area contributed by atoms with E-state index in [2.05, 4.69) is 194 Å².